The molecule has 2 aromatic rings. The molecule has 16 heavy (non-hydrogen) atoms. The Morgan fingerprint density at radius 2 is 2.25 bits per heavy atom. The third kappa shape index (κ3) is 2.58. The van der Waals surface area contributed by atoms with Crippen LogP contribution in [0.25, 0.3) is 0 Å². The SMILES string of the molecule is COc1cccc(Cc2cc(SC)on2)c1. The highest BCUT2D eigenvalue weighted by molar-refractivity contribution is 7.98. The summed E-state index contributed by atoms with van der Waals surface area (Å²) in [5.74, 6) is 0.867. The van der Waals surface area contributed by atoms with Crippen LogP contribution >= 0.6 is 11.8 Å². The molecule has 0 saturated carbocycles. The number of rotatable bonds is 4. The first-order valence-electron chi connectivity index (χ1n) is 4.94. The summed E-state index contributed by atoms with van der Waals surface area (Å²) in [6.07, 6.45) is 2.73. The van der Waals surface area contributed by atoms with Gasteiger partial charge in [0.05, 0.1) is 12.8 Å². The van der Waals surface area contributed by atoms with E-state index < -0.39 is 0 Å². The minimum atomic E-state index is 0.765. The molecule has 3 nitrogen and oxygen atoms in total. The van der Waals surface area contributed by atoms with Crippen molar-refractivity contribution < 1.29 is 9.26 Å². The normalized spacial score (nSPS) is 10.4. The van der Waals surface area contributed by atoms with Crippen molar-refractivity contribution in [1.82, 2.24) is 5.16 Å². The first-order chi connectivity index (χ1) is 7.81. The average Bonchev–Trinajstić information content (AvgIpc) is 2.77. The Kier molecular flexibility index (Phi) is 3.51. The second-order valence-corrected chi connectivity index (χ2v) is 4.18. The van der Waals surface area contributed by atoms with Gasteiger partial charge in [-0.3, -0.25) is 0 Å². The monoisotopic (exact) mass is 235 g/mol. The van der Waals surface area contributed by atoms with Crippen LogP contribution in [0.2, 0.25) is 0 Å². The summed E-state index contributed by atoms with van der Waals surface area (Å²) >= 11 is 1.55. The van der Waals surface area contributed by atoms with Crippen LogP contribution in [0.15, 0.2) is 39.9 Å². The van der Waals surface area contributed by atoms with Crippen molar-refractivity contribution in [3.63, 3.8) is 0 Å². The van der Waals surface area contributed by atoms with Gasteiger partial charge in [0.15, 0.2) is 5.09 Å². The fourth-order valence-electron chi connectivity index (χ4n) is 1.46. The Bertz CT molecular complexity index is 468. The van der Waals surface area contributed by atoms with Gasteiger partial charge in [0.1, 0.15) is 5.75 Å². The highest BCUT2D eigenvalue weighted by Crippen LogP contribution is 2.19. The van der Waals surface area contributed by atoms with Crippen molar-refractivity contribution in [1.29, 1.82) is 0 Å². The maximum absolute atomic E-state index is 5.17. The molecule has 1 aromatic heterocycles. The van der Waals surface area contributed by atoms with Crippen LogP contribution in [0, 0.1) is 0 Å². The van der Waals surface area contributed by atoms with E-state index in [1.807, 2.05) is 30.5 Å². The first kappa shape index (κ1) is 11.1. The van der Waals surface area contributed by atoms with Crippen LogP contribution in [0.3, 0.4) is 0 Å². The second-order valence-electron chi connectivity index (χ2n) is 3.37. The van der Waals surface area contributed by atoms with Crippen molar-refractivity contribution in [3.05, 3.63) is 41.6 Å². The number of ether oxygens (including phenoxy) is 1. The fraction of sp³-hybridized carbons (Fsp3) is 0.250. The summed E-state index contributed by atoms with van der Waals surface area (Å²) in [5, 5.41) is 4.85. The van der Waals surface area contributed by atoms with Gasteiger partial charge < -0.3 is 9.26 Å². The number of benzene rings is 1. The lowest BCUT2D eigenvalue weighted by atomic mass is 10.1. The summed E-state index contributed by atoms with van der Waals surface area (Å²) in [5.41, 5.74) is 2.11. The predicted molar refractivity (Wildman–Crippen MR) is 64.1 cm³/mol. The van der Waals surface area contributed by atoms with E-state index in [0.717, 1.165) is 23.0 Å². The molecule has 0 unspecified atom stereocenters. The lowest BCUT2D eigenvalue weighted by Gasteiger charge is -2.01. The number of thioether (sulfide) groups is 1. The van der Waals surface area contributed by atoms with E-state index in [9.17, 15) is 0 Å². The molecule has 0 atom stereocenters. The van der Waals surface area contributed by atoms with E-state index in [1.54, 1.807) is 18.9 Å². The zero-order chi connectivity index (χ0) is 11.4. The summed E-state index contributed by atoms with van der Waals surface area (Å²) in [6.45, 7) is 0. The molecule has 0 N–H and O–H groups in total. The molecule has 0 radical (unpaired) electrons. The summed E-state index contributed by atoms with van der Waals surface area (Å²) in [7, 11) is 1.67. The van der Waals surface area contributed by atoms with Gasteiger partial charge in [-0.15, -0.1) is 0 Å². The molecule has 1 aromatic carbocycles. The molecule has 0 saturated heterocycles. The summed E-state index contributed by atoms with van der Waals surface area (Å²) in [4.78, 5) is 0. The minimum Gasteiger partial charge on any atom is -0.497 e. The summed E-state index contributed by atoms with van der Waals surface area (Å²) < 4.78 is 10.3. The van der Waals surface area contributed by atoms with Crippen molar-refractivity contribution >= 4 is 11.8 Å². The average molecular weight is 235 g/mol. The third-order valence-corrected chi connectivity index (χ3v) is 2.85. The maximum atomic E-state index is 5.17. The summed E-state index contributed by atoms with van der Waals surface area (Å²) in [6, 6.07) is 9.93. The standard InChI is InChI=1S/C12H13NO2S/c1-14-11-5-3-4-9(7-11)6-10-8-12(16-2)15-13-10/h3-5,7-8H,6H2,1-2H3. The Balaban J connectivity index is 2.13. The molecule has 0 bridgehead atoms. The number of methoxy groups -OCH3 is 1. The molecule has 0 aliphatic carbocycles. The van der Waals surface area contributed by atoms with Crippen LogP contribution in [0.1, 0.15) is 11.3 Å². The van der Waals surface area contributed by atoms with Gasteiger partial charge >= 0.3 is 0 Å². The number of hydrogen-bond donors (Lipinski definition) is 0. The second kappa shape index (κ2) is 5.07. The van der Waals surface area contributed by atoms with Crippen molar-refractivity contribution in [2.75, 3.05) is 13.4 Å². The van der Waals surface area contributed by atoms with E-state index >= 15 is 0 Å². The predicted octanol–water partition coefficient (Wildman–Crippen LogP) is 3.00. The number of hydrogen-bond acceptors (Lipinski definition) is 4. The molecule has 84 valence electrons. The van der Waals surface area contributed by atoms with Crippen LogP contribution in [0.5, 0.6) is 5.75 Å². The number of nitrogens with zero attached hydrogens (tertiary/aromatic N) is 1. The molecule has 4 heteroatoms. The lowest BCUT2D eigenvalue weighted by Crippen LogP contribution is -1.89. The Morgan fingerprint density at radius 3 is 2.94 bits per heavy atom. The van der Waals surface area contributed by atoms with Crippen molar-refractivity contribution in [3.8, 4) is 5.75 Å². The Hall–Kier alpha value is -1.42. The highest BCUT2D eigenvalue weighted by atomic mass is 32.2. The van der Waals surface area contributed by atoms with E-state index in [1.165, 1.54) is 5.56 Å². The molecule has 1 heterocycles. The largest absolute Gasteiger partial charge is 0.497 e. The Morgan fingerprint density at radius 1 is 1.38 bits per heavy atom. The van der Waals surface area contributed by atoms with Gasteiger partial charge in [-0.2, -0.15) is 0 Å². The van der Waals surface area contributed by atoms with Crippen LogP contribution in [0.4, 0.5) is 0 Å². The van der Waals surface area contributed by atoms with Crippen molar-refractivity contribution in [2.24, 2.45) is 0 Å². The van der Waals surface area contributed by atoms with E-state index in [-0.39, 0.29) is 0 Å². The topological polar surface area (TPSA) is 35.3 Å². The van der Waals surface area contributed by atoms with E-state index in [4.69, 9.17) is 9.26 Å². The van der Waals surface area contributed by atoms with Gasteiger partial charge in [-0.25, -0.2) is 0 Å². The Labute approximate surface area is 98.8 Å². The quantitative estimate of drug-likeness (QED) is 0.763. The van der Waals surface area contributed by atoms with Gasteiger partial charge in [-0.1, -0.05) is 29.1 Å². The molecular weight excluding hydrogens is 222 g/mol. The zero-order valence-electron chi connectivity index (χ0n) is 9.27. The fourth-order valence-corrected chi connectivity index (χ4v) is 1.83. The van der Waals surface area contributed by atoms with E-state index in [0.29, 0.717) is 0 Å². The van der Waals surface area contributed by atoms with Gasteiger partial charge in [-0.05, 0) is 24.0 Å². The molecular formula is C12H13NO2S. The molecule has 2 rings (SSSR count). The number of aromatic nitrogens is 1. The highest BCUT2D eigenvalue weighted by Gasteiger charge is 2.04. The molecule has 0 spiro atoms. The lowest BCUT2D eigenvalue weighted by molar-refractivity contribution is 0.346. The van der Waals surface area contributed by atoms with Crippen LogP contribution in [-0.4, -0.2) is 18.5 Å². The van der Waals surface area contributed by atoms with Gasteiger partial charge in [0, 0.05) is 12.5 Å². The van der Waals surface area contributed by atoms with Crippen molar-refractivity contribution in [2.45, 2.75) is 11.5 Å². The molecule has 0 fully saturated rings. The zero-order valence-corrected chi connectivity index (χ0v) is 10.1. The smallest absolute Gasteiger partial charge is 0.193 e. The van der Waals surface area contributed by atoms with Crippen LogP contribution in [-0.2, 0) is 6.42 Å². The molecule has 0 aliphatic rings. The minimum absolute atomic E-state index is 0.765. The van der Waals surface area contributed by atoms with E-state index in [2.05, 4.69) is 11.2 Å². The third-order valence-electron chi connectivity index (χ3n) is 2.26. The first-order valence-corrected chi connectivity index (χ1v) is 6.17. The molecule has 0 aliphatic heterocycles. The van der Waals surface area contributed by atoms with Crippen LogP contribution < -0.4 is 4.74 Å². The maximum Gasteiger partial charge on any atom is 0.193 e. The molecule has 0 amide bonds. The van der Waals surface area contributed by atoms with Gasteiger partial charge in [0.25, 0.3) is 0 Å². The van der Waals surface area contributed by atoms with Gasteiger partial charge in [0.2, 0.25) is 0 Å².